The van der Waals surface area contributed by atoms with E-state index in [0.717, 1.165) is 24.8 Å². The largest absolute Gasteiger partial charge is 0.348 e. The molecule has 1 atom stereocenters. The topological polar surface area (TPSA) is 40.7 Å². The number of imidazole rings is 1. The molecule has 0 aliphatic carbocycles. The molecule has 0 saturated carbocycles. The molecular formula is C9H17N3S. The molecule has 1 unspecified atom stereocenters. The zero-order chi connectivity index (χ0) is 9.52. The molecule has 0 radical (unpaired) electrons. The van der Waals surface area contributed by atoms with Gasteiger partial charge in [0.1, 0.15) is 5.82 Å². The Morgan fingerprint density at radius 3 is 3.15 bits per heavy atom. The van der Waals surface area contributed by atoms with E-state index in [2.05, 4.69) is 28.5 Å². The van der Waals surface area contributed by atoms with Gasteiger partial charge in [-0.25, -0.2) is 4.98 Å². The van der Waals surface area contributed by atoms with Crippen LogP contribution >= 0.6 is 11.8 Å². The summed E-state index contributed by atoms with van der Waals surface area (Å²) in [6.45, 7) is 4.15. The van der Waals surface area contributed by atoms with Gasteiger partial charge >= 0.3 is 0 Å². The predicted octanol–water partition coefficient (Wildman–Crippen LogP) is 1.50. The SMILES string of the molecule is CSCC(C)CNCc1ncc[nH]1. The van der Waals surface area contributed by atoms with Crippen LogP contribution in [0.4, 0.5) is 0 Å². The minimum absolute atomic E-state index is 0.727. The van der Waals surface area contributed by atoms with Crippen LogP contribution < -0.4 is 5.32 Å². The fourth-order valence-electron chi connectivity index (χ4n) is 1.18. The van der Waals surface area contributed by atoms with Gasteiger partial charge in [0, 0.05) is 12.4 Å². The smallest absolute Gasteiger partial charge is 0.120 e. The van der Waals surface area contributed by atoms with Gasteiger partial charge in [0.2, 0.25) is 0 Å². The van der Waals surface area contributed by atoms with Gasteiger partial charge in [-0.3, -0.25) is 0 Å². The standard InChI is InChI=1S/C9H17N3S/c1-8(7-13-2)5-10-6-9-11-3-4-12-9/h3-4,8,10H,5-7H2,1-2H3,(H,11,12). The molecule has 13 heavy (non-hydrogen) atoms. The van der Waals surface area contributed by atoms with Crippen molar-refractivity contribution < 1.29 is 0 Å². The van der Waals surface area contributed by atoms with Crippen LogP contribution in [0.3, 0.4) is 0 Å². The second kappa shape index (κ2) is 6.05. The Morgan fingerprint density at radius 1 is 1.69 bits per heavy atom. The summed E-state index contributed by atoms with van der Waals surface area (Å²) in [5, 5.41) is 3.37. The van der Waals surface area contributed by atoms with Crippen LogP contribution in [0.2, 0.25) is 0 Å². The van der Waals surface area contributed by atoms with Gasteiger partial charge in [0.05, 0.1) is 6.54 Å². The molecule has 0 spiro atoms. The number of hydrogen-bond donors (Lipinski definition) is 2. The van der Waals surface area contributed by atoms with Crippen molar-refractivity contribution in [3.05, 3.63) is 18.2 Å². The molecule has 0 saturated heterocycles. The summed E-state index contributed by atoms with van der Waals surface area (Å²) in [5.41, 5.74) is 0. The van der Waals surface area contributed by atoms with Gasteiger partial charge in [0.15, 0.2) is 0 Å². The summed E-state index contributed by atoms with van der Waals surface area (Å²) in [7, 11) is 0. The maximum Gasteiger partial charge on any atom is 0.120 e. The van der Waals surface area contributed by atoms with Crippen LogP contribution in [0.1, 0.15) is 12.7 Å². The fourth-order valence-corrected chi connectivity index (χ4v) is 1.86. The molecule has 0 fully saturated rings. The third-order valence-corrected chi connectivity index (χ3v) is 2.69. The number of rotatable bonds is 6. The van der Waals surface area contributed by atoms with E-state index in [1.165, 1.54) is 5.75 Å². The number of aromatic amines is 1. The Morgan fingerprint density at radius 2 is 2.54 bits per heavy atom. The van der Waals surface area contributed by atoms with Crippen molar-refractivity contribution in [3.8, 4) is 0 Å². The Labute approximate surface area is 83.7 Å². The Kier molecular flexibility index (Phi) is 4.93. The molecule has 74 valence electrons. The van der Waals surface area contributed by atoms with Crippen LogP contribution in [-0.2, 0) is 6.54 Å². The molecule has 0 aliphatic heterocycles. The molecule has 2 N–H and O–H groups in total. The van der Waals surface area contributed by atoms with Crippen molar-refractivity contribution in [2.24, 2.45) is 5.92 Å². The summed E-state index contributed by atoms with van der Waals surface area (Å²) in [6, 6.07) is 0. The number of hydrogen-bond acceptors (Lipinski definition) is 3. The lowest BCUT2D eigenvalue weighted by Gasteiger charge is -2.09. The van der Waals surface area contributed by atoms with E-state index in [4.69, 9.17) is 0 Å². The molecular weight excluding hydrogens is 182 g/mol. The quantitative estimate of drug-likeness (QED) is 0.729. The van der Waals surface area contributed by atoms with Crippen LogP contribution in [0.5, 0.6) is 0 Å². The lowest BCUT2D eigenvalue weighted by Crippen LogP contribution is -2.22. The van der Waals surface area contributed by atoms with E-state index in [9.17, 15) is 0 Å². The third-order valence-electron chi connectivity index (χ3n) is 1.79. The van der Waals surface area contributed by atoms with Crippen LogP contribution in [0.25, 0.3) is 0 Å². The number of thioether (sulfide) groups is 1. The van der Waals surface area contributed by atoms with E-state index < -0.39 is 0 Å². The van der Waals surface area contributed by atoms with Crippen molar-refractivity contribution in [2.45, 2.75) is 13.5 Å². The minimum Gasteiger partial charge on any atom is -0.348 e. The van der Waals surface area contributed by atoms with E-state index in [1.54, 1.807) is 6.20 Å². The van der Waals surface area contributed by atoms with Crippen molar-refractivity contribution in [1.29, 1.82) is 0 Å². The minimum atomic E-state index is 0.727. The second-order valence-corrected chi connectivity index (χ2v) is 4.14. The molecule has 0 amide bonds. The molecule has 1 heterocycles. The van der Waals surface area contributed by atoms with E-state index in [0.29, 0.717) is 0 Å². The van der Waals surface area contributed by atoms with Gasteiger partial charge in [-0.1, -0.05) is 6.92 Å². The first-order valence-electron chi connectivity index (χ1n) is 4.51. The summed E-state index contributed by atoms with van der Waals surface area (Å²) in [6.07, 6.45) is 5.77. The highest BCUT2D eigenvalue weighted by Gasteiger charge is 2.00. The predicted molar refractivity (Wildman–Crippen MR) is 57.8 cm³/mol. The van der Waals surface area contributed by atoms with Gasteiger partial charge in [-0.15, -0.1) is 0 Å². The molecule has 1 aromatic heterocycles. The van der Waals surface area contributed by atoms with Gasteiger partial charge in [0.25, 0.3) is 0 Å². The van der Waals surface area contributed by atoms with Crippen molar-refractivity contribution in [1.82, 2.24) is 15.3 Å². The zero-order valence-corrected chi connectivity index (χ0v) is 9.03. The van der Waals surface area contributed by atoms with E-state index in [-0.39, 0.29) is 0 Å². The molecule has 3 nitrogen and oxygen atoms in total. The maximum atomic E-state index is 4.14. The highest BCUT2D eigenvalue weighted by molar-refractivity contribution is 7.98. The molecule has 4 heteroatoms. The Hall–Kier alpha value is -0.480. The van der Waals surface area contributed by atoms with Crippen molar-refractivity contribution >= 4 is 11.8 Å². The first-order chi connectivity index (χ1) is 6.33. The number of aromatic nitrogens is 2. The van der Waals surface area contributed by atoms with Crippen LogP contribution in [-0.4, -0.2) is 28.5 Å². The van der Waals surface area contributed by atoms with E-state index >= 15 is 0 Å². The maximum absolute atomic E-state index is 4.14. The first kappa shape index (κ1) is 10.6. The molecule has 0 aromatic carbocycles. The number of nitrogens with zero attached hydrogens (tertiary/aromatic N) is 1. The van der Waals surface area contributed by atoms with Crippen molar-refractivity contribution in [3.63, 3.8) is 0 Å². The zero-order valence-electron chi connectivity index (χ0n) is 8.21. The molecule has 1 rings (SSSR count). The van der Waals surface area contributed by atoms with Gasteiger partial charge in [-0.2, -0.15) is 11.8 Å². The van der Waals surface area contributed by atoms with Crippen LogP contribution in [0.15, 0.2) is 12.4 Å². The normalized spacial score (nSPS) is 13.1. The average molecular weight is 199 g/mol. The number of H-pyrrole nitrogens is 1. The third kappa shape index (κ3) is 4.33. The Bertz CT molecular complexity index is 211. The highest BCUT2D eigenvalue weighted by atomic mass is 32.2. The number of nitrogens with one attached hydrogen (secondary N) is 2. The Balaban J connectivity index is 2.07. The molecule has 1 aromatic rings. The summed E-state index contributed by atoms with van der Waals surface area (Å²) in [4.78, 5) is 7.20. The monoisotopic (exact) mass is 199 g/mol. The van der Waals surface area contributed by atoms with Crippen LogP contribution in [0, 0.1) is 5.92 Å². The molecule has 0 bridgehead atoms. The summed E-state index contributed by atoms with van der Waals surface area (Å²) < 4.78 is 0. The van der Waals surface area contributed by atoms with Crippen molar-refractivity contribution in [2.75, 3.05) is 18.6 Å². The van der Waals surface area contributed by atoms with Gasteiger partial charge in [-0.05, 0) is 24.5 Å². The highest BCUT2D eigenvalue weighted by Crippen LogP contribution is 2.02. The first-order valence-corrected chi connectivity index (χ1v) is 5.90. The lowest BCUT2D eigenvalue weighted by molar-refractivity contribution is 0.551. The fraction of sp³-hybridized carbons (Fsp3) is 0.667. The molecule has 0 aliphatic rings. The summed E-state index contributed by atoms with van der Waals surface area (Å²) in [5.74, 6) is 2.95. The second-order valence-electron chi connectivity index (χ2n) is 3.23. The van der Waals surface area contributed by atoms with E-state index in [1.807, 2.05) is 18.0 Å². The summed E-state index contributed by atoms with van der Waals surface area (Å²) >= 11 is 1.89. The van der Waals surface area contributed by atoms with Gasteiger partial charge < -0.3 is 10.3 Å². The lowest BCUT2D eigenvalue weighted by atomic mass is 10.2. The average Bonchev–Trinajstić information content (AvgIpc) is 2.57.